The lowest BCUT2D eigenvalue weighted by atomic mass is 10.2. The van der Waals surface area contributed by atoms with Crippen molar-refractivity contribution in [1.29, 1.82) is 0 Å². The van der Waals surface area contributed by atoms with Gasteiger partial charge in [0.25, 0.3) is 5.91 Å². The van der Waals surface area contributed by atoms with Gasteiger partial charge in [-0.15, -0.1) is 0 Å². The van der Waals surface area contributed by atoms with E-state index in [0.29, 0.717) is 22.1 Å². The summed E-state index contributed by atoms with van der Waals surface area (Å²) in [6, 6.07) is 6.00. The molecule has 1 aliphatic rings. The van der Waals surface area contributed by atoms with Crippen LogP contribution in [0.25, 0.3) is 6.08 Å². The van der Waals surface area contributed by atoms with E-state index in [9.17, 15) is 14.7 Å². The van der Waals surface area contributed by atoms with Gasteiger partial charge in [-0.3, -0.25) is 9.69 Å². The Labute approximate surface area is 153 Å². The molecule has 1 amide bonds. The molecule has 2 rings (SSSR count). The summed E-state index contributed by atoms with van der Waals surface area (Å²) < 4.78 is 0.235. The predicted octanol–water partition coefficient (Wildman–Crippen LogP) is 2.41. The summed E-state index contributed by atoms with van der Waals surface area (Å²) in [6.45, 7) is 0. The van der Waals surface area contributed by atoms with Crippen molar-refractivity contribution < 1.29 is 14.7 Å². The molecule has 0 spiro atoms. The topological polar surface area (TPSA) is 60.4 Å². The van der Waals surface area contributed by atoms with Gasteiger partial charge < -0.3 is 9.90 Å². The Morgan fingerprint density at radius 3 is 2.91 bits per heavy atom. The highest BCUT2D eigenvalue weighted by molar-refractivity contribution is 8.26. The molecule has 1 aromatic rings. The van der Waals surface area contributed by atoms with E-state index in [2.05, 4.69) is 0 Å². The smallest absolute Gasteiger partial charge is 0.266 e. The molecule has 0 N–H and O–H groups in total. The molecule has 0 saturated carbocycles. The molecule has 4 nitrogen and oxygen atoms in total. The largest absolute Gasteiger partial charge is 0.548 e. The van der Waals surface area contributed by atoms with Crippen molar-refractivity contribution in [2.45, 2.75) is 12.5 Å². The van der Waals surface area contributed by atoms with Gasteiger partial charge in [0.1, 0.15) is 4.32 Å². The van der Waals surface area contributed by atoms with E-state index in [1.165, 1.54) is 11.8 Å². The maximum absolute atomic E-state index is 12.5. The molecule has 8 heteroatoms. The number of benzene rings is 1. The van der Waals surface area contributed by atoms with Crippen molar-refractivity contribution in [2.24, 2.45) is 0 Å². The van der Waals surface area contributed by atoms with Crippen LogP contribution in [0.3, 0.4) is 0 Å². The van der Waals surface area contributed by atoms with Crippen molar-refractivity contribution in [3.8, 4) is 0 Å². The second-order valence-corrected chi connectivity index (χ2v) is 7.82. The zero-order valence-corrected chi connectivity index (χ0v) is 15.4. The van der Waals surface area contributed by atoms with Crippen LogP contribution < -0.4 is 5.11 Å². The van der Waals surface area contributed by atoms with Crippen molar-refractivity contribution in [3.63, 3.8) is 0 Å². The van der Waals surface area contributed by atoms with E-state index in [-0.39, 0.29) is 4.32 Å². The third-order valence-corrected chi connectivity index (χ3v) is 5.36. The first-order valence-electron chi connectivity index (χ1n) is 6.66. The molecule has 1 fully saturated rings. The van der Waals surface area contributed by atoms with Crippen molar-refractivity contribution in [1.82, 2.24) is 4.90 Å². The summed E-state index contributed by atoms with van der Waals surface area (Å²) in [6.07, 6.45) is 3.82. The zero-order valence-electron chi connectivity index (χ0n) is 12.2. The van der Waals surface area contributed by atoms with E-state index >= 15 is 0 Å². The van der Waals surface area contributed by atoms with Gasteiger partial charge >= 0.3 is 0 Å². The number of hydrogen-bond acceptors (Lipinski definition) is 6. The molecule has 0 radical (unpaired) electrons. The Bertz CT molecular complexity index is 678. The molecular weight excluding hydrogens is 374 g/mol. The molecule has 1 aliphatic heterocycles. The summed E-state index contributed by atoms with van der Waals surface area (Å²) in [5.41, 5.74) is 0.757. The maximum atomic E-state index is 12.5. The Morgan fingerprint density at radius 2 is 2.30 bits per heavy atom. The van der Waals surface area contributed by atoms with Crippen LogP contribution in [-0.4, -0.2) is 39.1 Å². The highest BCUT2D eigenvalue weighted by Crippen LogP contribution is 2.34. The predicted molar refractivity (Wildman–Crippen MR) is 98.3 cm³/mol. The molecule has 0 aromatic heterocycles. The number of carbonyl (C=O) groups is 2. The number of carboxylic acid groups (broad SMARTS) is 1. The molecule has 0 unspecified atom stereocenters. The summed E-state index contributed by atoms with van der Waals surface area (Å²) >= 11 is 13.7. The SMILES string of the molecule is CSCC[C@H](C(=O)[O-])N1C(=O)/C(=C/c2cccc(Cl)c2)SC1=S. The van der Waals surface area contributed by atoms with Gasteiger partial charge in [0.05, 0.1) is 16.9 Å². The van der Waals surface area contributed by atoms with Crippen LogP contribution in [0.4, 0.5) is 0 Å². The number of thioether (sulfide) groups is 2. The quantitative estimate of drug-likeness (QED) is 0.552. The zero-order chi connectivity index (χ0) is 17.0. The lowest BCUT2D eigenvalue weighted by Gasteiger charge is -2.27. The number of amides is 1. The number of carbonyl (C=O) groups excluding carboxylic acids is 2. The van der Waals surface area contributed by atoms with Crippen LogP contribution in [0, 0.1) is 0 Å². The second-order valence-electron chi connectivity index (χ2n) is 4.72. The van der Waals surface area contributed by atoms with Gasteiger partial charge in [-0.05, 0) is 42.2 Å². The fraction of sp³-hybridized carbons (Fsp3) is 0.267. The molecule has 0 aliphatic carbocycles. The first-order valence-corrected chi connectivity index (χ1v) is 9.66. The molecule has 0 bridgehead atoms. The minimum Gasteiger partial charge on any atom is -0.548 e. The minimum absolute atomic E-state index is 0.235. The van der Waals surface area contributed by atoms with E-state index in [0.717, 1.165) is 22.2 Å². The second kappa shape index (κ2) is 8.19. The van der Waals surface area contributed by atoms with Crippen molar-refractivity contribution in [2.75, 3.05) is 12.0 Å². The Balaban J connectivity index is 2.26. The van der Waals surface area contributed by atoms with Crippen LogP contribution in [0.15, 0.2) is 29.2 Å². The van der Waals surface area contributed by atoms with Gasteiger partial charge in [-0.1, -0.05) is 47.7 Å². The lowest BCUT2D eigenvalue weighted by molar-refractivity contribution is -0.310. The van der Waals surface area contributed by atoms with Gasteiger partial charge in [0.2, 0.25) is 0 Å². The number of thiocarbonyl (C=S) groups is 1. The van der Waals surface area contributed by atoms with Crippen LogP contribution in [0.2, 0.25) is 5.02 Å². The van der Waals surface area contributed by atoms with E-state index in [1.807, 2.05) is 12.3 Å². The van der Waals surface area contributed by atoms with Crippen molar-refractivity contribution in [3.05, 3.63) is 39.8 Å². The van der Waals surface area contributed by atoms with Crippen LogP contribution in [0.5, 0.6) is 0 Å². The fourth-order valence-corrected chi connectivity index (χ4v) is 4.09. The average molecular weight is 387 g/mol. The maximum Gasteiger partial charge on any atom is 0.266 e. The monoisotopic (exact) mass is 386 g/mol. The van der Waals surface area contributed by atoms with Crippen molar-refractivity contribution >= 4 is 69.6 Å². The van der Waals surface area contributed by atoms with Gasteiger partial charge in [-0.25, -0.2) is 0 Å². The summed E-state index contributed by atoms with van der Waals surface area (Å²) in [5.74, 6) is -1.10. The average Bonchev–Trinajstić information content (AvgIpc) is 2.75. The number of nitrogens with zero attached hydrogens (tertiary/aromatic N) is 1. The third kappa shape index (κ3) is 4.50. The Kier molecular flexibility index (Phi) is 6.52. The first-order chi connectivity index (χ1) is 10.9. The highest BCUT2D eigenvalue weighted by atomic mass is 35.5. The Morgan fingerprint density at radius 1 is 1.57 bits per heavy atom. The Hall–Kier alpha value is -1.02. The van der Waals surface area contributed by atoms with E-state index < -0.39 is 17.9 Å². The summed E-state index contributed by atoms with van der Waals surface area (Å²) in [7, 11) is 0. The lowest BCUT2D eigenvalue weighted by Crippen LogP contribution is -2.50. The van der Waals surface area contributed by atoms with Gasteiger partial charge in [0, 0.05) is 5.02 Å². The molecule has 1 heterocycles. The van der Waals surface area contributed by atoms with E-state index in [4.69, 9.17) is 23.8 Å². The summed E-state index contributed by atoms with van der Waals surface area (Å²) in [4.78, 5) is 25.4. The number of hydrogen-bond donors (Lipinski definition) is 0. The number of halogens is 1. The summed E-state index contributed by atoms with van der Waals surface area (Å²) in [5, 5.41) is 11.9. The molecule has 1 saturated heterocycles. The molecule has 23 heavy (non-hydrogen) atoms. The number of carboxylic acids is 1. The standard InChI is InChI=1S/C15H14ClNO3S3/c1-22-6-5-11(14(19)20)17-13(18)12(23-15(17)21)8-9-3-2-4-10(16)7-9/h2-4,7-8,11H,5-6H2,1H3,(H,19,20)/p-1/b12-8-/t11-/m1/s1. The highest BCUT2D eigenvalue weighted by Gasteiger charge is 2.37. The van der Waals surface area contributed by atoms with E-state index in [1.54, 1.807) is 24.3 Å². The van der Waals surface area contributed by atoms with Crippen LogP contribution in [0.1, 0.15) is 12.0 Å². The number of aliphatic carboxylic acids is 1. The minimum atomic E-state index is -1.29. The molecular formula is C15H13ClNO3S3-. The van der Waals surface area contributed by atoms with Crippen LogP contribution >= 0.6 is 47.3 Å². The first kappa shape index (κ1) is 18.3. The van der Waals surface area contributed by atoms with Gasteiger partial charge in [0.15, 0.2) is 0 Å². The molecule has 122 valence electrons. The van der Waals surface area contributed by atoms with Crippen LogP contribution in [-0.2, 0) is 9.59 Å². The third-order valence-electron chi connectivity index (χ3n) is 3.15. The molecule has 1 aromatic carbocycles. The normalized spacial score (nSPS) is 17.8. The van der Waals surface area contributed by atoms with Gasteiger partial charge in [-0.2, -0.15) is 11.8 Å². The number of rotatable bonds is 6. The molecule has 1 atom stereocenters. The fourth-order valence-electron chi connectivity index (χ4n) is 2.08.